The molecule has 0 spiro atoms. The van der Waals surface area contributed by atoms with Crippen LogP contribution >= 0.6 is 0 Å². The van der Waals surface area contributed by atoms with Gasteiger partial charge in [-0.2, -0.15) is 0 Å². The molecule has 4 heteroatoms. The number of ether oxygens (including phenoxy) is 1. The van der Waals surface area contributed by atoms with Crippen LogP contribution in [0.5, 0.6) is 0 Å². The zero-order valence-corrected chi connectivity index (χ0v) is 26.8. The van der Waals surface area contributed by atoms with Crippen molar-refractivity contribution in [2.24, 2.45) is 5.92 Å². The number of fused-ring (bicyclic) bond motifs is 1. The van der Waals surface area contributed by atoms with Crippen LogP contribution in [0.25, 0.3) is 10.9 Å². The van der Waals surface area contributed by atoms with E-state index in [1.165, 1.54) is 62.4 Å². The van der Waals surface area contributed by atoms with E-state index in [0.29, 0.717) is 5.56 Å². The SMILES string of the molecule is C=CCn1ccc2ccc(C(=O)OC)cc21.CCC[CH2][Sn]([CH3])([CH2]CCC)[CH](CCC)C1CCCCC1. The monoisotopic (exact) mass is 603 g/mol. The van der Waals surface area contributed by atoms with E-state index in [9.17, 15) is 4.79 Å². The van der Waals surface area contributed by atoms with Crippen molar-refractivity contribution in [3.05, 3.63) is 48.7 Å². The molecule has 1 fully saturated rings. The average molecular weight is 602 g/mol. The van der Waals surface area contributed by atoms with Crippen molar-refractivity contribution in [2.45, 2.75) is 116 Å². The van der Waals surface area contributed by atoms with Gasteiger partial charge in [-0.1, -0.05) is 12.1 Å². The summed E-state index contributed by atoms with van der Waals surface area (Å²) in [4.78, 5) is 14.3. The Morgan fingerprint density at radius 2 is 1.75 bits per heavy atom. The van der Waals surface area contributed by atoms with E-state index in [4.69, 9.17) is 4.74 Å². The molecule has 0 bridgehead atoms. The quantitative estimate of drug-likeness (QED) is 0.130. The van der Waals surface area contributed by atoms with Gasteiger partial charge in [0.05, 0.1) is 12.7 Å². The number of nitrogens with zero attached hydrogens (tertiary/aromatic N) is 1. The fourth-order valence-electron chi connectivity index (χ4n) is 6.38. The minimum atomic E-state index is -1.88. The number of carbonyl (C=O) groups excluding carboxylic acids is 1. The summed E-state index contributed by atoms with van der Waals surface area (Å²) < 4.78 is 11.3. The first kappa shape index (κ1) is 31.0. The molecular weight excluding hydrogens is 549 g/mol. The molecule has 0 saturated heterocycles. The number of hydrogen-bond donors (Lipinski definition) is 0. The molecular formula is C32H53NO2Sn. The second kappa shape index (κ2) is 16.6. The van der Waals surface area contributed by atoms with Crippen LogP contribution in [0.2, 0.25) is 17.7 Å². The number of esters is 1. The maximum absolute atomic E-state index is 11.4. The summed E-state index contributed by atoms with van der Waals surface area (Å²) in [5.41, 5.74) is 1.59. The predicted octanol–water partition coefficient (Wildman–Crippen LogP) is 10.0. The molecule has 1 saturated carbocycles. The van der Waals surface area contributed by atoms with Crippen LogP contribution in [0.15, 0.2) is 43.1 Å². The van der Waals surface area contributed by atoms with Gasteiger partial charge < -0.3 is 9.30 Å². The third-order valence-electron chi connectivity index (χ3n) is 8.44. The summed E-state index contributed by atoms with van der Waals surface area (Å²) >= 11 is -1.88. The van der Waals surface area contributed by atoms with E-state index >= 15 is 0 Å². The normalized spacial score (nSPS) is 15.2. The molecule has 3 nitrogen and oxygen atoms in total. The molecule has 202 valence electrons. The first-order chi connectivity index (χ1) is 17.4. The molecule has 1 atom stereocenters. The van der Waals surface area contributed by atoms with Crippen molar-refractivity contribution in [1.29, 1.82) is 0 Å². The molecule has 36 heavy (non-hydrogen) atoms. The van der Waals surface area contributed by atoms with Gasteiger partial charge in [0.15, 0.2) is 0 Å². The van der Waals surface area contributed by atoms with Crippen LogP contribution in [0.3, 0.4) is 0 Å². The molecule has 0 amide bonds. The molecule has 1 aromatic heterocycles. The van der Waals surface area contributed by atoms with Crippen LogP contribution in [0.4, 0.5) is 0 Å². The van der Waals surface area contributed by atoms with Gasteiger partial charge in [-0.3, -0.25) is 0 Å². The minimum absolute atomic E-state index is 0.312. The van der Waals surface area contributed by atoms with Crippen molar-refractivity contribution < 1.29 is 9.53 Å². The number of hydrogen-bond acceptors (Lipinski definition) is 2. The Labute approximate surface area is 225 Å². The number of benzene rings is 1. The van der Waals surface area contributed by atoms with E-state index < -0.39 is 18.4 Å². The van der Waals surface area contributed by atoms with Crippen molar-refractivity contribution >= 4 is 35.2 Å². The fourth-order valence-corrected chi connectivity index (χ4v) is 22.9. The summed E-state index contributed by atoms with van der Waals surface area (Å²) in [5, 5.41) is 1.11. The summed E-state index contributed by atoms with van der Waals surface area (Å²) in [7, 11) is 1.38. The standard InChI is InChI=1S/C13H13NO2.C10H19.2C4H9.CH3.Sn/c1-3-7-14-8-6-10-4-5-11(9-12(10)14)13(15)16-2;1-2-3-7-10-8-5-4-6-9-10;2*1-3-4-2;;/h3-6,8-9H,1,7H2,2H3;7,10H,2-6,8-9H2,1H3;2*1,3-4H2,2H3;1H3;. The Hall–Kier alpha value is -1.23. The topological polar surface area (TPSA) is 31.2 Å². The zero-order valence-electron chi connectivity index (χ0n) is 24.0. The molecule has 1 unspecified atom stereocenters. The number of aromatic nitrogens is 1. The molecule has 1 aromatic carbocycles. The second-order valence-electron chi connectivity index (χ2n) is 11.2. The van der Waals surface area contributed by atoms with Crippen molar-refractivity contribution in [2.75, 3.05) is 7.11 Å². The van der Waals surface area contributed by atoms with E-state index in [1.54, 1.807) is 34.2 Å². The summed E-state index contributed by atoms with van der Waals surface area (Å²) in [5.74, 6) is 0.825. The zero-order chi connectivity index (χ0) is 26.4. The van der Waals surface area contributed by atoms with Gasteiger partial charge in [-0.15, -0.1) is 6.58 Å². The van der Waals surface area contributed by atoms with Gasteiger partial charge in [-0.05, 0) is 23.6 Å². The molecule has 3 rings (SSSR count). The Bertz CT molecular complexity index is 904. The Balaban J connectivity index is 0.000000259. The van der Waals surface area contributed by atoms with Crippen LogP contribution < -0.4 is 0 Å². The molecule has 1 aliphatic carbocycles. The van der Waals surface area contributed by atoms with E-state index in [1.807, 2.05) is 35.0 Å². The Morgan fingerprint density at radius 1 is 1.08 bits per heavy atom. The fraction of sp³-hybridized carbons (Fsp3) is 0.656. The summed E-state index contributed by atoms with van der Waals surface area (Å²) in [6.45, 7) is 11.6. The van der Waals surface area contributed by atoms with Crippen molar-refractivity contribution in [3.63, 3.8) is 0 Å². The van der Waals surface area contributed by atoms with Gasteiger partial charge >= 0.3 is 139 Å². The third kappa shape index (κ3) is 8.96. The van der Waals surface area contributed by atoms with Crippen LogP contribution in [0, 0.1) is 5.92 Å². The van der Waals surface area contributed by atoms with Gasteiger partial charge in [-0.25, -0.2) is 4.79 Å². The Kier molecular flexibility index (Phi) is 14.3. The van der Waals surface area contributed by atoms with Gasteiger partial charge in [0.25, 0.3) is 0 Å². The molecule has 0 aliphatic heterocycles. The summed E-state index contributed by atoms with van der Waals surface area (Å²) in [6, 6.07) is 7.54. The molecule has 0 N–H and O–H groups in total. The molecule has 1 aliphatic rings. The Morgan fingerprint density at radius 3 is 2.31 bits per heavy atom. The first-order valence-corrected chi connectivity index (χ1v) is 23.3. The second-order valence-corrected chi connectivity index (χ2v) is 25.6. The number of carbonyl (C=O) groups is 1. The van der Waals surface area contributed by atoms with E-state index in [2.05, 4.69) is 32.3 Å². The molecule has 2 aromatic rings. The maximum atomic E-state index is 11.4. The van der Waals surface area contributed by atoms with Gasteiger partial charge in [0.2, 0.25) is 0 Å². The van der Waals surface area contributed by atoms with Crippen LogP contribution in [-0.4, -0.2) is 36.0 Å². The number of unbranched alkanes of at least 4 members (excludes halogenated alkanes) is 2. The molecule has 0 radical (unpaired) electrons. The van der Waals surface area contributed by atoms with Crippen molar-refractivity contribution in [3.8, 4) is 0 Å². The van der Waals surface area contributed by atoms with Gasteiger partial charge in [0.1, 0.15) is 0 Å². The number of rotatable bonds is 13. The first-order valence-electron chi connectivity index (χ1n) is 14.7. The van der Waals surface area contributed by atoms with E-state index in [-0.39, 0.29) is 5.97 Å². The van der Waals surface area contributed by atoms with Crippen LogP contribution in [0.1, 0.15) is 102 Å². The number of methoxy groups -OCH3 is 1. The van der Waals surface area contributed by atoms with Crippen LogP contribution in [-0.2, 0) is 11.3 Å². The third-order valence-corrected chi connectivity index (χ3v) is 24.3. The molecule has 1 heterocycles. The summed E-state index contributed by atoms with van der Waals surface area (Å²) in [6.07, 6.45) is 20.5. The van der Waals surface area contributed by atoms with Crippen molar-refractivity contribution in [1.82, 2.24) is 4.57 Å². The predicted molar refractivity (Wildman–Crippen MR) is 160 cm³/mol. The number of allylic oxidation sites excluding steroid dienone is 1. The van der Waals surface area contributed by atoms with Gasteiger partial charge in [0, 0.05) is 18.3 Å². The van der Waals surface area contributed by atoms with E-state index in [0.717, 1.165) is 23.4 Å². The average Bonchev–Trinajstić information content (AvgIpc) is 3.32.